The normalized spacial score (nSPS) is 20.5. The van der Waals surface area contributed by atoms with Crippen LogP contribution in [0.2, 0.25) is 0 Å². The molecular formula is C7H7N3O3S2. The minimum absolute atomic E-state index is 0.303. The topological polar surface area (TPSA) is 83.4 Å². The van der Waals surface area contributed by atoms with Crippen LogP contribution >= 0.6 is 23.3 Å². The number of carbonyl (C=O) groups is 2. The highest BCUT2D eigenvalue weighted by molar-refractivity contribution is 7.99. The first-order chi connectivity index (χ1) is 7.20. The molecule has 1 aliphatic rings. The number of nitrogens with zero attached hydrogens (tertiary/aromatic N) is 3. The Balaban J connectivity index is 2.17. The number of rotatable bonds is 2. The third-order valence-corrected chi connectivity index (χ3v) is 3.67. The molecule has 8 heteroatoms. The lowest BCUT2D eigenvalue weighted by atomic mass is 10.3. The van der Waals surface area contributed by atoms with Gasteiger partial charge in [0.05, 0.1) is 12.1 Å². The van der Waals surface area contributed by atoms with Crippen molar-refractivity contribution in [3.05, 3.63) is 11.1 Å². The number of carboxylic acids is 1. The first-order valence-electron chi connectivity index (χ1n) is 4.09. The third-order valence-electron chi connectivity index (χ3n) is 2.00. The van der Waals surface area contributed by atoms with Gasteiger partial charge in [0.15, 0.2) is 0 Å². The monoisotopic (exact) mass is 245 g/mol. The Kier molecular flexibility index (Phi) is 2.87. The molecule has 0 aliphatic carbocycles. The molecule has 80 valence electrons. The number of hydrogen-bond donors (Lipinski definition) is 1. The van der Waals surface area contributed by atoms with Crippen LogP contribution in [0.5, 0.6) is 0 Å². The highest BCUT2D eigenvalue weighted by Crippen LogP contribution is 2.23. The second kappa shape index (κ2) is 4.15. The average molecular weight is 245 g/mol. The lowest BCUT2D eigenvalue weighted by Gasteiger charge is -2.18. The second-order valence-electron chi connectivity index (χ2n) is 2.91. The minimum atomic E-state index is -0.967. The van der Waals surface area contributed by atoms with E-state index in [1.807, 2.05) is 0 Å². The highest BCUT2D eigenvalue weighted by Gasteiger charge is 2.35. The average Bonchev–Trinajstić information content (AvgIpc) is 2.88. The molecule has 2 heterocycles. The molecular weight excluding hydrogens is 238 g/mol. The Morgan fingerprint density at radius 1 is 1.60 bits per heavy atom. The number of hydrogen-bond acceptors (Lipinski definition) is 6. The van der Waals surface area contributed by atoms with E-state index in [0.29, 0.717) is 16.5 Å². The fraction of sp³-hybridized carbons (Fsp3) is 0.429. The Morgan fingerprint density at radius 3 is 3.00 bits per heavy atom. The van der Waals surface area contributed by atoms with Gasteiger partial charge in [-0.15, -0.1) is 16.9 Å². The molecule has 6 nitrogen and oxygen atoms in total. The largest absolute Gasteiger partial charge is 0.480 e. The van der Waals surface area contributed by atoms with Gasteiger partial charge in [-0.05, 0) is 11.5 Å². The molecule has 1 fully saturated rings. The molecule has 0 bridgehead atoms. The molecule has 2 rings (SSSR count). The Labute approximate surface area is 93.4 Å². The van der Waals surface area contributed by atoms with Crippen LogP contribution in [-0.4, -0.2) is 49.1 Å². The van der Waals surface area contributed by atoms with Gasteiger partial charge in [0.1, 0.15) is 10.9 Å². The summed E-state index contributed by atoms with van der Waals surface area (Å²) in [6.07, 6.45) is 1.36. The van der Waals surface area contributed by atoms with Crippen molar-refractivity contribution in [3.63, 3.8) is 0 Å². The second-order valence-corrected chi connectivity index (χ2v) is 4.70. The van der Waals surface area contributed by atoms with Crippen LogP contribution in [0.25, 0.3) is 0 Å². The number of thioether (sulfide) groups is 1. The standard InChI is InChI=1S/C7H7N3O3S2/c11-6(5-1-8-9-15-5)10-3-14-2-4(10)7(12)13/h1,4H,2-3H2,(H,12,13)/t4-/m0/s1. The Hall–Kier alpha value is -1.15. The zero-order valence-electron chi connectivity index (χ0n) is 7.49. The van der Waals surface area contributed by atoms with E-state index < -0.39 is 12.0 Å². The quantitative estimate of drug-likeness (QED) is 0.797. The van der Waals surface area contributed by atoms with E-state index in [9.17, 15) is 9.59 Å². The van der Waals surface area contributed by atoms with Crippen LogP contribution in [0.3, 0.4) is 0 Å². The van der Waals surface area contributed by atoms with Gasteiger partial charge in [0.2, 0.25) is 0 Å². The first kappa shape index (κ1) is 10.4. The van der Waals surface area contributed by atoms with Crippen molar-refractivity contribution in [2.75, 3.05) is 11.6 Å². The highest BCUT2D eigenvalue weighted by atomic mass is 32.2. The lowest BCUT2D eigenvalue weighted by molar-refractivity contribution is -0.140. The van der Waals surface area contributed by atoms with Crippen LogP contribution in [0.1, 0.15) is 9.67 Å². The minimum Gasteiger partial charge on any atom is -0.480 e. The van der Waals surface area contributed by atoms with Gasteiger partial charge < -0.3 is 10.0 Å². The number of aromatic nitrogens is 2. The molecule has 1 atom stereocenters. The van der Waals surface area contributed by atoms with Gasteiger partial charge in [-0.2, -0.15) is 0 Å². The molecule has 0 radical (unpaired) electrons. The van der Waals surface area contributed by atoms with E-state index in [-0.39, 0.29) is 5.91 Å². The van der Waals surface area contributed by atoms with Crippen LogP contribution < -0.4 is 0 Å². The molecule has 15 heavy (non-hydrogen) atoms. The molecule has 1 amide bonds. The maximum Gasteiger partial charge on any atom is 0.327 e. The first-order valence-corrected chi connectivity index (χ1v) is 6.02. The van der Waals surface area contributed by atoms with Crippen molar-refractivity contribution < 1.29 is 14.7 Å². The zero-order chi connectivity index (χ0) is 10.8. The van der Waals surface area contributed by atoms with Crippen molar-refractivity contribution in [2.45, 2.75) is 6.04 Å². The van der Waals surface area contributed by atoms with Crippen molar-refractivity contribution in [1.82, 2.24) is 14.5 Å². The van der Waals surface area contributed by atoms with Gasteiger partial charge in [0.25, 0.3) is 5.91 Å². The van der Waals surface area contributed by atoms with E-state index >= 15 is 0 Å². The fourth-order valence-corrected chi connectivity index (χ4v) is 2.87. The zero-order valence-corrected chi connectivity index (χ0v) is 9.12. The van der Waals surface area contributed by atoms with Crippen LogP contribution in [0.4, 0.5) is 0 Å². The van der Waals surface area contributed by atoms with E-state index in [0.717, 1.165) is 11.5 Å². The predicted octanol–water partition coefficient (Wildman–Crippen LogP) is 0.138. The van der Waals surface area contributed by atoms with Crippen LogP contribution in [0.15, 0.2) is 6.20 Å². The van der Waals surface area contributed by atoms with Crippen LogP contribution in [0, 0.1) is 0 Å². The van der Waals surface area contributed by atoms with Gasteiger partial charge in [0, 0.05) is 5.75 Å². The molecule has 0 aromatic carbocycles. The van der Waals surface area contributed by atoms with Crippen molar-refractivity contribution in [3.8, 4) is 0 Å². The molecule has 1 aromatic rings. The Bertz CT molecular complexity index is 381. The third kappa shape index (κ3) is 1.95. The molecule has 1 aromatic heterocycles. The molecule has 1 N–H and O–H groups in total. The van der Waals surface area contributed by atoms with Crippen LogP contribution in [-0.2, 0) is 4.79 Å². The molecule has 0 saturated carbocycles. The van der Waals surface area contributed by atoms with E-state index in [4.69, 9.17) is 5.11 Å². The summed E-state index contributed by atoms with van der Waals surface area (Å²) >= 11 is 2.41. The van der Waals surface area contributed by atoms with E-state index in [2.05, 4.69) is 9.59 Å². The molecule has 0 spiro atoms. The SMILES string of the molecule is O=C(O)[C@@H]1CSCN1C(=O)c1cnns1. The molecule has 0 unspecified atom stereocenters. The van der Waals surface area contributed by atoms with Crippen molar-refractivity contribution in [1.29, 1.82) is 0 Å². The van der Waals surface area contributed by atoms with Gasteiger partial charge in [-0.3, -0.25) is 4.79 Å². The summed E-state index contributed by atoms with van der Waals surface area (Å²) in [4.78, 5) is 24.4. The summed E-state index contributed by atoms with van der Waals surface area (Å²) in [5.41, 5.74) is 0. The summed E-state index contributed by atoms with van der Waals surface area (Å²) in [5, 5.41) is 12.4. The molecule has 1 aliphatic heterocycles. The van der Waals surface area contributed by atoms with Gasteiger partial charge >= 0.3 is 5.97 Å². The van der Waals surface area contributed by atoms with Gasteiger partial charge in [-0.25, -0.2) is 4.79 Å². The van der Waals surface area contributed by atoms with Crippen molar-refractivity contribution in [2.24, 2.45) is 0 Å². The van der Waals surface area contributed by atoms with Gasteiger partial charge in [-0.1, -0.05) is 4.49 Å². The number of carboxylic acid groups (broad SMARTS) is 1. The Morgan fingerprint density at radius 2 is 2.40 bits per heavy atom. The van der Waals surface area contributed by atoms with E-state index in [1.54, 1.807) is 0 Å². The van der Waals surface area contributed by atoms with Crippen molar-refractivity contribution >= 4 is 35.2 Å². The summed E-state index contributed by atoms with van der Waals surface area (Å²) in [5.74, 6) is -0.422. The number of aliphatic carboxylic acids is 1. The summed E-state index contributed by atoms with van der Waals surface area (Å²) in [6, 6.07) is -0.732. The summed E-state index contributed by atoms with van der Waals surface area (Å²) < 4.78 is 3.57. The maximum absolute atomic E-state index is 11.8. The molecule has 1 saturated heterocycles. The number of carbonyl (C=O) groups excluding carboxylic acids is 1. The van der Waals surface area contributed by atoms with E-state index in [1.165, 1.54) is 22.9 Å². The lowest BCUT2D eigenvalue weighted by Crippen LogP contribution is -2.41. The smallest absolute Gasteiger partial charge is 0.327 e. The number of amides is 1. The fourth-order valence-electron chi connectivity index (χ4n) is 1.25. The predicted molar refractivity (Wildman–Crippen MR) is 54.8 cm³/mol. The summed E-state index contributed by atoms with van der Waals surface area (Å²) in [6.45, 7) is 0. The summed E-state index contributed by atoms with van der Waals surface area (Å²) in [7, 11) is 0. The maximum atomic E-state index is 11.8.